The number of anilines is 1. The van der Waals surface area contributed by atoms with E-state index in [9.17, 15) is 14.0 Å². The molecule has 0 fully saturated rings. The molecule has 0 radical (unpaired) electrons. The van der Waals surface area contributed by atoms with Crippen molar-refractivity contribution in [3.05, 3.63) is 70.2 Å². The highest BCUT2D eigenvalue weighted by molar-refractivity contribution is 9.10. The molecule has 2 heterocycles. The molecular formula is C17H12BrFN2O3. The van der Waals surface area contributed by atoms with E-state index in [1.165, 1.54) is 13.2 Å². The quantitative estimate of drug-likeness (QED) is 0.690. The lowest BCUT2D eigenvalue weighted by atomic mass is 10.1. The summed E-state index contributed by atoms with van der Waals surface area (Å²) < 4.78 is 20.5. The zero-order valence-corrected chi connectivity index (χ0v) is 14.1. The second-order valence-electron chi connectivity index (χ2n) is 4.97. The van der Waals surface area contributed by atoms with Crippen molar-refractivity contribution in [2.45, 2.75) is 0 Å². The number of hydrogen-bond acceptors (Lipinski definition) is 3. The molecule has 0 atom stereocenters. The molecule has 0 spiro atoms. The summed E-state index contributed by atoms with van der Waals surface area (Å²) in [7, 11) is 1.19. The summed E-state index contributed by atoms with van der Waals surface area (Å²) in [6.45, 7) is 0. The number of rotatable bonds is 3. The predicted octanol–water partition coefficient (Wildman–Crippen LogP) is 3.88. The van der Waals surface area contributed by atoms with Crippen molar-refractivity contribution in [2.75, 3.05) is 12.4 Å². The van der Waals surface area contributed by atoms with Crippen LogP contribution in [-0.2, 0) is 4.74 Å². The minimum atomic E-state index is -0.729. The third-order valence-corrected chi connectivity index (χ3v) is 4.12. The Bertz CT molecular complexity index is 952. The van der Waals surface area contributed by atoms with Crippen molar-refractivity contribution < 1.29 is 18.7 Å². The van der Waals surface area contributed by atoms with Gasteiger partial charge in [0.15, 0.2) is 0 Å². The highest BCUT2D eigenvalue weighted by atomic mass is 79.9. The van der Waals surface area contributed by atoms with Gasteiger partial charge in [0.25, 0.3) is 5.91 Å². The van der Waals surface area contributed by atoms with Crippen LogP contribution in [0.25, 0.3) is 5.52 Å². The molecule has 0 saturated heterocycles. The highest BCUT2D eigenvalue weighted by Gasteiger charge is 2.18. The number of nitrogens with zero attached hydrogens (tertiary/aromatic N) is 1. The van der Waals surface area contributed by atoms with Gasteiger partial charge in [-0.25, -0.2) is 9.18 Å². The lowest BCUT2D eigenvalue weighted by Crippen LogP contribution is -2.15. The molecule has 7 heteroatoms. The molecule has 0 saturated carbocycles. The minimum Gasteiger partial charge on any atom is -0.465 e. The van der Waals surface area contributed by atoms with E-state index in [1.54, 1.807) is 16.5 Å². The fourth-order valence-electron chi connectivity index (χ4n) is 2.39. The Kier molecular flexibility index (Phi) is 4.35. The molecule has 0 aliphatic heterocycles. The van der Waals surface area contributed by atoms with Crippen molar-refractivity contribution in [1.29, 1.82) is 0 Å². The van der Waals surface area contributed by atoms with Crippen LogP contribution in [0.4, 0.5) is 10.1 Å². The van der Waals surface area contributed by atoms with Crippen LogP contribution in [0.15, 0.2) is 53.3 Å². The smallest absolute Gasteiger partial charge is 0.340 e. The van der Waals surface area contributed by atoms with E-state index in [-0.39, 0.29) is 11.3 Å². The number of methoxy groups -OCH3 is 1. The number of ether oxygens (including phenoxy) is 1. The van der Waals surface area contributed by atoms with E-state index in [4.69, 9.17) is 0 Å². The standard InChI is InChI=1S/C17H12BrFN2O3/c1-24-17(23)11-8-10(19)5-6-13(11)20-16(22)12-9-15(18)21-7-3-2-4-14(12)21/h2-9H,1H3,(H,20,22). The average molecular weight is 391 g/mol. The van der Waals surface area contributed by atoms with E-state index < -0.39 is 17.7 Å². The van der Waals surface area contributed by atoms with Crippen molar-refractivity contribution >= 4 is 39.0 Å². The third kappa shape index (κ3) is 2.90. The number of amides is 1. The monoisotopic (exact) mass is 390 g/mol. The zero-order valence-electron chi connectivity index (χ0n) is 12.5. The maximum Gasteiger partial charge on any atom is 0.340 e. The van der Waals surface area contributed by atoms with Crippen molar-refractivity contribution in [3.63, 3.8) is 0 Å². The fraction of sp³-hybridized carbons (Fsp3) is 0.0588. The second kappa shape index (κ2) is 6.45. The van der Waals surface area contributed by atoms with Crippen LogP contribution in [0.3, 0.4) is 0 Å². The van der Waals surface area contributed by atoms with Gasteiger partial charge in [-0.05, 0) is 52.3 Å². The SMILES string of the molecule is COC(=O)c1cc(F)ccc1NC(=O)c1cc(Br)n2ccccc12. The Morgan fingerprint density at radius 2 is 1.96 bits per heavy atom. The number of carbonyl (C=O) groups is 2. The topological polar surface area (TPSA) is 59.8 Å². The van der Waals surface area contributed by atoms with Gasteiger partial charge in [0, 0.05) is 6.20 Å². The van der Waals surface area contributed by atoms with E-state index >= 15 is 0 Å². The molecular weight excluding hydrogens is 379 g/mol. The Labute approximate surface area is 145 Å². The number of esters is 1. The molecule has 2 aromatic heterocycles. The number of carbonyl (C=O) groups excluding carboxylic acids is 2. The fourth-order valence-corrected chi connectivity index (χ4v) is 2.93. The molecule has 3 rings (SSSR count). The number of pyridine rings is 1. The maximum atomic E-state index is 13.4. The van der Waals surface area contributed by atoms with Gasteiger partial charge in [-0.15, -0.1) is 0 Å². The van der Waals surface area contributed by atoms with E-state index in [1.807, 2.05) is 18.3 Å². The van der Waals surface area contributed by atoms with Gasteiger partial charge >= 0.3 is 5.97 Å². The highest BCUT2D eigenvalue weighted by Crippen LogP contribution is 2.24. The largest absolute Gasteiger partial charge is 0.465 e. The number of benzene rings is 1. The molecule has 1 N–H and O–H groups in total. The lowest BCUT2D eigenvalue weighted by molar-refractivity contribution is 0.0601. The van der Waals surface area contributed by atoms with Crippen molar-refractivity contribution in [1.82, 2.24) is 4.40 Å². The number of hydrogen-bond donors (Lipinski definition) is 1. The Balaban J connectivity index is 1.99. The molecule has 0 aliphatic rings. The van der Waals surface area contributed by atoms with E-state index in [0.29, 0.717) is 11.1 Å². The molecule has 0 unspecified atom stereocenters. The first-order valence-corrected chi connectivity index (χ1v) is 7.75. The Morgan fingerprint density at radius 3 is 2.71 bits per heavy atom. The normalized spacial score (nSPS) is 10.6. The first-order chi connectivity index (χ1) is 11.5. The van der Waals surface area contributed by atoms with Gasteiger partial charge < -0.3 is 14.5 Å². The molecule has 1 amide bonds. The first-order valence-electron chi connectivity index (χ1n) is 6.96. The number of fused-ring (bicyclic) bond motifs is 1. The van der Waals surface area contributed by atoms with Gasteiger partial charge in [0.1, 0.15) is 5.82 Å². The molecule has 122 valence electrons. The van der Waals surface area contributed by atoms with Gasteiger partial charge in [-0.1, -0.05) is 6.07 Å². The van der Waals surface area contributed by atoms with Crippen LogP contribution in [0.2, 0.25) is 0 Å². The van der Waals surface area contributed by atoms with Gasteiger partial charge in [-0.3, -0.25) is 4.79 Å². The van der Waals surface area contributed by atoms with E-state index in [0.717, 1.165) is 16.7 Å². The summed E-state index contributed by atoms with van der Waals surface area (Å²) in [6, 6.07) is 10.6. The molecule has 3 aromatic rings. The minimum absolute atomic E-state index is 0.0477. The number of aromatic nitrogens is 1. The zero-order chi connectivity index (χ0) is 17.3. The Morgan fingerprint density at radius 1 is 1.17 bits per heavy atom. The van der Waals surface area contributed by atoms with Crippen LogP contribution in [0.1, 0.15) is 20.7 Å². The summed E-state index contributed by atoms with van der Waals surface area (Å²) in [5, 5.41) is 2.63. The predicted molar refractivity (Wildman–Crippen MR) is 90.8 cm³/mol. The summed E-state index contributed by atoms with van der Waals surface area (Å²) in [4.78, 5) is 24.4. The van der Waals surface area contributed by atoms with Crippen LogP contribution >= 0.6 is 15.9 Å². The summed E-state index contributed by atoms with van der Waals surface area (Å²) in [5.74, 6) is -1.74. The molecule has 5 nitrogen and oxygen atoms in total. The third-order valence-electron chi connectivity index (χ3n) is 3.51. The van der Waals surface area contributed by atoms with E-state index in [2.05, 4.69) is 26.0 Å². The first kappa shape index (κ1) is 16.2. The summed E-state index contributed by atoms with van der Waals surface area (Å²) in [5.41, 5.74) is 1.25. The molecule has 24 heavy (non-hydrogen) atoms. The summed E-state index contributed by atoms with van der Waals surface area (Å²) in [6.07, 6.45) is 1.81. The van der Waals surface area contributed by atoms with Crippen LogP contribution < -0.4 is 5.32 Å². The number of halogens is 2. The molecule has 1 aromatic carbocycles. The summed E-state index contributed by atoms with van der Waals surface area (Å²) >= 11 is 3.39. The van der Waals surface area contributed by atoms with Crippen molar-refractivity contribution in [2.24, 2.45) is 0 Å². The van der Waals surface area contributed by atoms with Crippen LogP contribution in [0.5, 0.6) is 0 Å². The van der Waals surface area contributed by atoms with Crippen LogP contribution in [0, 0.1) is 5.82 Å². The average Bonchev–Trinajstić information content (AvgIpc) is 2.93. The molecule has 0 aliphatic carbocycles. The van der Waals surface area contributed by atoms with Crippen molar-refractivity contribution in [3.8, 4) is 0 Å². The van der Waals surface area contributed by atoms with Gasteiger partial charge in [0.05, 0.1) is 34.0 Å². The lowest BCUT2D eigenvalue weighted by Gasteiger charge is -2.09. The Hall–Kier alpha value is -2.67. The maximum absolute atomic E-state index is 13.4. The number of nitrogens with one attached hydrogen (secondary N) is 1. The van der Waals surface area contributed by atoms with Gasteiger partial charge in [-0.2, -0.15) is 0 Å². The van der Waals surface area contributed by atoms with Gasteiger partial charge in [0.2, 0.25) is 0 Å². The molecule has 0 bridgehead atoms. The second-order valence-corrected chi connectivity index (χ2v) is 5.78. The van der Waals surface area contributed by atoms with Crippen LogP contribution in [-0.4, -0.2) is 23.4 Å².